The van der Waals surface area contributed by atoms with Crippen LogP contribution in [-0.4, -0.2) is 13.1 Å². The van der Waals surface area contributed by atoms with E-state index in [0.717, 1.165) is 0 Å². The molecule has 0 saturated heterocycles. The second kappa shape index (κ2) is 3.71. The van der Waals surface area contributed by atoms with Gasteiger partial charge in [-0.3, -0.25) is 0 Å². The van der Waals surface area contributed by atoms with Crippen LogP contribution >= 0.6 is 0 Å². The van der Waals surface area contributed by atoms with Gasteiger partial charge in [-0.05, 0) is 18.2 Å². The molecular formula is C8H8FNO2. The third kappa shape index (κ3) is 1.72. The molecule has 3 nitrogen and oxygen atoms in total. The van der Waals surface area contributed by atoms with Gasteiger partial charge in [0, 0.05) is 0 Å². The standard InChI is InChI=1S/C8H8FNO2/c1-12-8(11)6-3-2-4-7(5-6)10-9/h2-5,10H,1H3. The average Bonchev–Trinajstić information content (AvgIpc) is 2.17. The van der Waals surface area contributed by atoms with E-state index in [2.05, 4.69) is 4.74 Å². The monoisotopic (exact) mass is 169 g/mol. The minimum absolute atomic E-state index is 0.234. The molecule has 1 aromatic rings. The Labute approximate surface area is 69.1 Å². The number of nitrogens with one attached hydrogen (secondary N) is 1. The summed E-state index contributed by atoms with van der Waals surface area (Å²) in [6, 6.07) is 5.99. The van der Waals surface area contributed by atoms with Crippen molar-refractivity contribution in [2.75, 3.05) is 12.6 Å². The van der Waals surface area contributed by atoms with Gasteiger partial charge in [0.1, 0.15) is 0 Å². The first kappa shape index (κ1) is 8.52. The molecule has 0 spiro atoms. The van der Waals surface area contributed by atoms with Crippen LogP contribution in [0.25, 0.3) is 0 Å². The number of halogens is 1. The zero-order chi connectivity index (χ0) is 8.97. The van der Waals surface area contributed by atoms with Crippen LogP contribution in [0.15, 0.2) is 24.3 Å². The van der Waals surface area contributed by atoms with E-state index in [0.29, 0.717) is 5.56 Å². The lowest BCUT2D eigenvalue weighted by Gasteiger charge is -2.00. The van der Waals surface area contributed by atoms with Crippen molar-refractivity contribution >= 4 is 11.7 Å². The molecule has 0 radical (unpaired) electrons. The van der Waals surface area contributed by atoms with Gasteiger partial charge in [0.15, 0.2) is 0 Å². The summed E-state index contributed by atoms with van der Waals surface area (Å²) in [4.78, 5) is 10.9. The minimum atomic E-state index is -0.480. The van der Waals surface area contributed by atoms with Crippen molar-refractivity contribution in [2.24, 2.45) is 0 Å². The normalized spacial score (nSPS) is 9.17. The summed E-state index contributed by atoms with van der Waals surface area (Å²) >= 11 is 0. The van der Waals surface area contributed by atoms with Gasteiger partial charge in [-0.1, -0.05) is 6.07 Å². The molecule has 1 N–H and O–H groups in total. The molecule has 0 fully saturated rings. The predicted octanol–water partition coefficient (Wildman–Crippen LogP) is 1.77. The summed E-state index contributed by atoms with van der Waals surface area (Å²) in [5.74, 6) is -0.480. The predicted molar refractivity (Wildman–Crippen MR) is 42.5 cm³/mol. The summed E-state index contributed by atoms with van der Waals surface area (Å²) in [6.45, 7) is 0. The van der Waals surface area contributed by atoms with Crippen LogP contribution in [0.2, 0.25) is 0 Å². The van der Waals surface area contributed by atoms with Crippen LogP contribution in [0.5, 0.6) is 0 Å². The molecule has 12 heavy (non-hydrogen) atoms. The van der Waals surface area contributed by atoms with Crippen LogP contribution in [0.3, 0.4) is 0 Å². The molecule has 64 valence electrons. The lowest BCUT2D eigenvalue weighted by Crippen LogP contribution is -2.00. The number of carbonyl (C=O) groups is 1. The van der Waals surface area contributed by atoms with Crippen molar-refractivity contribution in [3.05, 3.63) is 29.8 Å². The van der Waals surface area contributed by atoms with Crippen LogP contribution in [0.4, 0.5) is 10.2 Å². The lowest BCUT2D eigenvalue weighted by molar-refractivity contribution is 0.0601. The summed E-state index contributed by atoms with van der Waals surface area (Å²) in [6.07, 6.45) is 0. The fourth-order valence-corrected chi connectivity index (χ4v) is 0.823. The number of carbonyl (C=O) groups excluding carboxylic acids is 1. The highest BCUT2D eigenvalue weighted by atomic mass is 19.2. The fraction of sp³-hybridized carbons (Fsp3) is 0.125. The van der Waals surface area contributed by atoms with E-state index in [9.17, 15) is 9.28 Å². The molecule has 0 atom stereocenters. The Bertz CT molecular complexity index is 288. The number of methoxy groups -OCH3 is 1. The number of hydrogen-bond acceptors (Lipinski definition) is 3. The molecule has 1 rings (SSSR count). The van der Waals surface area contributed by atoms with Gasteiger partial charge in [0.05, 0.1) is 18.4 Å². The Hall–Kier alpha value is -1.58. The summed E-state index contributed by atoms with van der Waals surface area (Å²) in [5, 5.41) is 0. The average molecular weight is 169 g/mol. The fourth-order valence-electron chi connectivity index (χ4n) is 0.823. The van der Waals surface area contributed by atoms with Gasteiger partial charge in [-0.25, -0.2) is 10.3 Å². The van der Waals surface area contributed by atoms with E-state index in [1.54, 1.807) is 12.1 Å². The Morgan fingerprint density at radius 1 is 1.58 bits per heavy atom. The van der Waals surface area contributed by atoms with Crippen LogP contribution in [0, 0.1) is 0 Å². The van der Waals surface area contributed by atoms with Crippen molar-refractivity contribution in [3.63, 3.8) is 0 Å². The quantitative estimate of drug-likeness (QED) is 0.541. The SMILES string of the molecule is COC(=O)c1cccc(NF)c1. The third-order valence-corrected chi connectivity index (χ3v) is 1.39. The van der Waals surface area contributed by atoms with Crippen molar-refractivity contribution in [1.82, 2.24) is 0 Å². The molecule has 1 aromatic carbocycles. The number of ether oxygens (including phenoxy) is 1. The number of hydrogen-bond donors (Lipinski definition) is 1. The van der Waals surface area contributed by atoms with Crippen molar-refractivity contribution < 1.29 is 14.0 Å². The molecule has 0 aliphatic carbocycles. The van der Waals surface area contributed by atoms with E-state index in [1.807, 2.05) is 0 Å². The summed E-state index contributed by atoms with van der Waals surface area (Å²) in [5.41, 5.74) is 1.99. The van der Waals surface area contributed by atoms with E-state index in [-0.39, 0.29) is 5.69 Å². The first-order valence-electron chi connectivity index (χ1n) is 3.33. The van der Waals surface area contributed by atoms with E-state index < -0.39 is 5.97 Å². The number of benzene rings is 1. The zero-order valence-electron chi connectivity index (χ0n) is 6.50. The maximum atomic E-state index is 11.9. The Kier molecular flexibility index (Phi) is 2.63. The largest absolute Gasteiger partial charge is 0.465 e. The maximum absolute atomic E-state index is 11.9. The van der Waals surface area contributed by atoms with Gasteiger partial charge in [-0.15, -0.1) is 4.48 Å². The second-order valence-electron chi connectivity index (χ2n) is 2.17. The number of rotatable bonds is 2. The van der Waals surface area contributed by atoms with Gasteiger partial charge >= 0.3 is 5.97 Å². The third-order valence-electron chi connectivity index (χ3n) is 1.39. The zero-order valence-corrected chi connectivity index (χ0v) is 6.50. The summed E-state index contributed by atoms with van der Waals surface area (Å²) < 4.78 is 16.3. The smallest absolute Gasteiger partial charge is 0.337 e. The van der Waals surface area contributed by atoms with Crippen molar-refractivity contribution in [2.45, 2.75) is 0 Å². The van der Waals surface area contributed by atoms with Crippen molar-refractivity contribution in [3.8, 4) is 0 Å². The Morgan fingerprint density at radius 2 is 2.33 bits per heavy atom. The second-order valence-corrected chi connectivity index (χ2v) is 2.17. The molecule has 0 unspecified atom stereocenters. The van der Waals surface area contributed by atoms with Gasteiger partial charge in [0.2, 0.25) is 0 Å². The highest BCUT2D eigenvalue weighted by Crippen LogP contribution is 2.10. The van der Waals surface area contributed by atoms with Gasteiger partial charge in [-0.2, -0.15) is 0 Å². The van der Waals surface area contributed by atoms with Gasteiger partial charge < -0.3 is 4.74 Å². The molecule has 0 bridgehead atoms. The minimum Gasteiger partial charge on any atom is -0.465 e. The first-order valence-corrected chi connectivity index (χ1v) is 3.33. The van der Waals surface area contributed by atoms with Gasteiger partial charge in [0.25, 0.3) is 0 Å². The molecule has 0 aliphatic heterocycles. The topological polar surface area (TPSA) is 38.3 Å². The van der Waals surface area contributed by atoms with E-state index in [1.165, 1.54) is 24.8 Å². The molecule has 0 amide bonds. The number of anilines is 1. The molecule has 0 aromatic heterocycles. The molecule has 0 saturated carbocycles. The van der Waals surface area contributed by atoms with Crippen molar-refractivity contribution in [1.29, 1.82) is 0 Å². The first-order chi connectivity index (χ1) is 5.77. The molecular weight excluding hydrogens is 161 g/mol. The highest BCUT2D eigenvalue weighted by molar-refractivity contribution is 5.90. The van der Waals surface area contributed by atoms with Crippen LogP contribution in [0.1, 0.15) is 10.4 Å². The number of esters is 1. The van der Waals surface area contributed by atoms with E-state index >= 15 is 0 Å². The Morgan fingerprint density at radius 3 is 2.92 bits per heavy atom. The summed E-state index contributed by atoms with van der Waals surface area (Å²) in [7, 11) is 1.28. The van der Waals surface area contributed by atoms with E-state index in [4.69, 9.17) is 0 Å². The van der Waals surface area contributed by atoms with Crippen LogP contribution in [-0.2, 0) is 4.74 Å². The lowest BCUT2D eigenvalue weighted by atomic mass is 10.2. The van der Waals surface area contributed by atoms with Crippen LogP contribution < -0.4 is 5.54 Å². The molecule has 4 heteroatoms. The highest BCUT2D eigenvalue weighted by Gasteiger charge is 2.04. The molecule has 0 heterocycles. The maximum Gasteiger partial charge on any atom is 0.337 e. The Balaban J connectivity index is 2.93. The molecule has 0 aliphatic rings.